The average molecular weight is 357 g/mol. The predicted molar refractivity (Wildman–Crippen MR) is 98.4 cm³/mol. The molecule has 0 radical (unpaired) electrons. The lowest BCUT2D eigenvalue weighted by molar-refractivity contribution is -0.384. The number of hydrogen-bond donors (Lipinski definition) is 1. The van der Waals surface area contributed by atoms with Gasteiger partial charge in [-0.15, -0.1) is 0 Å². The fourth-order valence-corrected chi connectivity index (χ4v) is 3.31. The number of benzene rings is 1. The van der Waals surface area contributed by atoms with E-state index >= 15 is 0 Å². The van der Waals surface area contributed by atoms with Gasteiger partial charge in [-0.25, -0.2) is 0 Å². The molecule has 1 aromatic carbocycles. The van der Waals surface area contributed by atoms with Gasteiger partial charge in [0, 0.05) is 43.2 Å². The summed E-state index contributed by atoms with van der Waals surface area (Å²) in [5.74, 6) is -0.303. The zero-order valence-corrected chi connectivity index (χ0v) is 15.0. The van der Waals surface area contributed by atoms with Crippen molar-refractivity contribution >= 4 is 17.3 Å². The van der Waals surface area contributed by atoms with Gasteiger partial charge in [-0.1, -0.05) is 0 Å². The number of nitrogens with zero attached hydrogens (tertiary/aromatic N) is 4. The number of piperidine rings is 1. The van der Waals surface area contributed by atoms with E-state index in [9.17, 15) is 14.9 Å². The minimum atomic E-state index is -0.418. The summed E-state index contributed by atoms with van der Waals surface area (Å²) in [5, 5.41) is 18.7. The number of nitro benzene ring substituents is 1. The molecule has 1 aliphatic heterocycles. The first-order chi connectivity index (χ1) is 12.5. The first kappa shape index (κ1) is 17.9. The molecule has 1 fully saturated rings. The molecule has 1 amide bonds. The van der Waals surface area contributed by atoms with Crippen LogP contribution >= 0.6 is 0 Å². The first-order valence-electron chi connectivity index (χ1n) is 8.79. The van der Waals surface area contributed by atoms with Crippen LogP contribution in [0.15, 0.2) is 36.7 Å². The maximum atomic E-state index is 12.2. The van der Waals surface area contributed by atoms with Gasteiger partial charge < -0.3 is 10.2 Å². The van der Waals surface area contributed by atoms with Gasteiger partial charge in [-0.05, 0) is 44.9 Å². The highest BCUT2D eigenvalue weighted by atomic mass is 16.6. The number of rotatable bonds is 5. The fourth-order valence-electron chi connectivity index (χ4n) is 3.31. The predicted octanol–water partition coefficient (Wildman–Crippen LogP) is 2.77. The number of nitrogens with one attached hydrogen (secondary N) is 1. The van der Waals surface area contributed by atoms with Crippen LogP contribution in [0.2, 0.25) is 0 Å². The molecule has 3 rings (SSSR count). The molecule has 1 N–H and O–H groups in total. The summed E-state index contributed by atoms with van der Waals surface area (Å²) in [6.07, 6.45) is 5.57. The smallest absolute Gasteiger partial charge is 0.293 e. The highest BCUT2D eigenvalue weighted by Crippen LogP contribution is 2.33. The Balaban J connectivity index is 1.86. The van der Waals surface area contributed by atoms with Gasteiger partial charge in [0.05, 0.1) is 11.0 Å². The molecule has 138 valence electrons. The van der Waals surface area contributed by atoms with Crippen LogP contribution in [0.3, 0.4) is 0 Å². The van der Waals surface area contributed by atoms with Crippen molar-refractivity contribution in [1.29, 1.82) is 0 Å². The molecule has 2 heterocycles. The third kappa shape index (κ3) is 3.84. The van der Waals surface area contributed by atoms with Crippen molar-refractivity contribution in [3.05, 3.63) is 52.3 Å². The molecule has 1 saturated heterocycles. The van der Waals surface area contributed by atoms with E-state index in [4.69, 9.17) is 0 Å². The second-order valence-electron chi connectivity index (χ2n) is 6.82. The highest BCUT2D eigenvalue weighted by molar-refractivity contribution is 5.96. The average Bonchev–Trinajstić information content (AvgIpc) is 3.15. The second-order valence-corrected chi connectivity index (χ2v) is 6.82. The molecule has 2 aromatic rings. The highest BCUT2D eigenvalue weighted by Gasteiger charge is 2.27. The van der Waals surface area contributed by atoms with Crippen LogP contribution in [0.1, 0.15) is 43.1 Å². The van der Waals surface area contributed by atoms with Crippen molar-refractivity contribution in [2.75, 3.05) is 18.0 Å². The maximum Gasteiger partial charge on any atom is 0.293 e. The fraction of sp³-hybridized carbons (Fsp3) is 0.444. The van der Waals surface area contributed by atoms with E-state index in [1.54, 1.807) is 18.3 Å². The Morgan fingerprint density at radius 1 is 1.42 bits per heavy atom. The summed E-state index contributed by atoms with van der Waals surface area (Å²) < 4.78 is 1.91. The van der Waals surface area contributed by atoms with Crippen molar-refractivity contribution in [3.63, 3.8) is 0 Å². The van der Waals surface area contributed by atoms with Crippen molar-refractivity contribution in [2.45, 2.75) is 38.8 Å². The summed E-state index contributed by atoms with van der Waals surface area (Å²) in [7, 11) is 0. The van der Waals surface area contributed by atoms with Crippen LogP contribution in [-0.2, 0) is 0 Å². The largest absolute Gasteiger partial charge is 0.364 e. The molecular weight excluding hydrogens is 334 g/mol. The Bertz CT molecular complexity index is 788. The van der Waals surface area contributed by atoms with Crippen LogP contribution in [0.4, 0.5) is 11.4 Å². The van der Waals surface area contributed by atoms with E-state index in [0.29, 0.717) is 17.8 Å². The summed E-state index contributed by atoms with van der Waals surface area (Å²) >= 11 is 0. The van der Waals surface area contributed by atoms with E-state index < -0.39 is 4.92 Å². The lowest BCUT2D eigenvalue weighted by Crippen LogP contribution is -2.37. The normalized spacial score (nSPS) is 17.3. The quantitative estimate of drug-likeness (QED) is 0.656. The van der Waals surface area contributed by atoms with Gasteiger partial charge in [-0.2, -0.15) is 5.10 Å². The summed E-state index contributed by atoms with van der Waals surface area (Å²) in [6, 6.07) is 6.73. The molecule has 0 spiro atoms. The Labute approximate surface area is 151 Å². The number of nitro groups is 1. The van der Waals surface area contributed by atoms with Gasteiger partial charge in [0.25, 0.3) is 11.6 Å². The number of carbonyl (C=O) groups is 1. The Kier molecular flexibility index (Phi) is 5.20. The summed E-state index contributed by atoms with van der Waals surface area (Å²) in [6.45, 7) is 5.10. The molecular formula is C18H23N5O3. The zero-order chi connectivity index (χ0) is 18.7. The molecule has 26 heavy (non-hydrogen) atoms. The molecule has 8 heteroatoms. The monoisotopic (exact) mass is 357 g/mol. The minimum absolute atomic E-state index is 0.0295. The van der Waals surface area contributed by atoms with Crippen molar-refractivity contribution in [2.24, 2.45) is 0 Å². The van der Waals surface area contributed by atoms with E-state index in [-0.39, 0.29) is 23.7 Å². The lowest BCUT2D eigenvalue weighted by Gasteiger charge is -2.34. The van der Waals surface area contributed by atoms with Gasteiger partial charge in [0.2, 0.25) is 0 Å². The number of aromatic nitrogens is 2. The second kappa shape index (κ2) is 7.55. The van der Waals surface area contributed by atoms with Gasteiger partial charge in [-0.3, -0.25) is 19.6 Å². The number of anilines is 1. The Hall–Kier alpha value is -2.90. The van der Waals surface area contributed by atoms with Crippen molar-refractivity contribution in [3.8, 4) is 0 Å². The zero-order valence-electron chi connectivity index (χ0n) is 15.0. The minimum Gasteiger partial charge on any atom is -0.364 e. The molecule has 0 saturated carbocycles. The van der Waals surface area contributed by atoms with Gasteiger partial charge in [0.1, 0.15) is 5.69 Å². The van der Waals surface area contributed by atoms with Crippen molar-refractivity contribution in [1.82, 2.24) is 15.1 Å². The third-order valence-electron chi connectivity index (χ3n) is 4.49. The number of amides is 1. The van der Waals surface area contributed by atoms with Crippen LogP contribution in [0.25, 0.3) is 0 Å². The molecule has 1 aromatic heterocycles. The Morgan fingerprint density at radius 2 is 2.23 bits per heavy atom. The summed E-state index contributed by atoms with van der Waals surface area (Å²) in [4.78, 5) is 25.4. The topological polar surface area (TPSA) is 93.3 Å². The lowest BCUT2D eigenvalue weighted by atomic mass is 10.0. The van der Waals surface area contributed by atoms with Gasteiger partial charge >= 0.3 is 0 Å². The van der Waals surface area contributed by atoms with E-state index in [2.05, 4.69) is 10.4 Å². The summed E-state index contributed by atoms with van der Waals surface area (Å²) in [5.41, 5.74) is 0.810. The molecule has 0 aliphatic carbocycles. The van der Waals surface area contributed by atoms with Crippen LogP contribution in [0.5, 0.6) is 0 Å². The molecule has 8 nitrogen and oxygen atoms in total. The van der Waals surface area contributed by atoms with Crippen molar-refractivity contribution < 1.29 is 9.72 Å². The maximum absolute atomic E-state index is 12.2. The van der Waals surface area contributed by atoms with E-state index in [1.165, 1.54) is 6.07 Å². The number of hydrogen-bond acceptors (Lipinski definition) is 5. The number of carbonyl (C=O) groups excluding carboxylic acids is 1. The van der Waals surface area contributed by atoms with Crippen LogP contribution in [-0.4, -0.2) is 39.7 Å². The Morgan fingerprint density at radius 3 is 2.88 bits per heavy atom. The third-order valence-corrected chi connectivity index (χ3v) is 4.49. The van der Waals surface area contributed by atoms with E-state index in [1.807, 2.05) is 35.7 Å². The molecule has 1 aliphatic rings. The van der Waals surface area contributed by atoms with Crippen LogP contribution < -0.4 is 10.2 Å². The van der Waals surface area contributed by atoms with Crippen LogP contribution in [0, 0.1) is 10.1 Å². The SMILES string of the molecule is CC(C)NC(=O)c1ccc(N2CCCC(n3cccn3)C2)c([N+](=O)[O-])c1. The standard InChI is InChI=1S/C18H23N5O3/c1-13(2)20-18(24)14-6-7-16(17(11-14)23(25)26)21-9-3-5-15(12-21)22-10-4-8-19-22/h4,6-8,10-11,13,15H,3,5,9,12H2,1-2H3,(H,20,24). The molecule has 1 atom stereocenters. The first-order valence-corrected chi connectivity index (χ1v) is 8.79. The van der Waals surface area contributed by atoms with Gasteiger partial charge in [0.15, 0.2) is 0 Å². The molecule has 1 unspecified atom stereocenters. The molecule has 0 bridgehead atoms. The van der Waals surface area contributed by atoms with E-state index in [0.717, 1.165) is 19.4 Å².